The van der Waals surface area contributed by atoms with Crippen LogP contribution in [0.2, 0.25) is 0 Å². The number of nitrogens with one attached hydrogen (secondary N) is 2. The van der Waals surface area contributed by atoms with Crippen molar-refractivity contribution in [1.29, 1.82) is 0 Å². The Balaban J connectivity index is 1.87. The molecule has 2 unspecified atom stereocenters. The largest absolute Gasteiger partial charge is 0.357 e. The fourth-order valence-corrected chi connectivity index (χ4v) is 3.37. The number of hydrogen-bond donors (Lipinski definition) is 2. The van der Waals surface area contributed by atoms with Crippen molar-refractivity contribution in [2.45, 2.75) is 19.4 Å². The van der Waals surface area contributed by atoms with Gasteiger partial charge in [0, 0.05) is 31.4 Å². The lowest BCUT2D eigenvalue weighted by Crippen LogP contribution is -2.47. The fourth-order valence-electron chi connectivity index (χ4n) is 3.37. The Labute approximate surface area is 101 Å². The molecule has 1 aromatic rings. The Morgan fingerprint density at radius 1 is 1.47 bits per heavy atom. The van der Waals surface area contributed by atoms with E-state index in [2.05, 4.69) is 24.1 Å². The van der Waals surface area contributed by atoms with Crippen molar-refractivity contribution in [1.82, 2.24) is 15.2 Å². The highest BCUT2D eigenvalue weighted by Crippen LogP contribution is 2.41. The molecule has 0 bridgehead atoms. The number of aromatic amines is 1. The smallest absolute Gasteiger partial charge is 0.270 e. The average Bonchev–Trinajstić information content (AvgIpc) is 2.97. The third-order valence-electron chi connectivity index (χ3n) is 4.43. The van der Waals surface area contributed by atoms with Gasteiger partial charge in [0.25, 0.3) is 5.91 Å². The molecule has 3 rings (SSSR count). The molecule has 2 saturated heterocycles. The molecule has 2 fully saturated rings. The van der Waals surface area contributed by atoms with Crippen molar-refractivity contribution in [2.24, 2.45) is 11.8 Å². The topological polar surface area (TPSA) is 48.1 Å². The highest BCUT2D eigenvalue weighted by molar-refractivity contribution is 5.93. The van der Waals surface area contributed by atoms with Crippen LogP contribution in [-0.2, 0) is 0 Å². The van der Waals surface area contributed by atoms with Gasteiger partial charge in [-0.1, -0.05) is 0 Å². The Bertz CT molecular complexity index is 424. The van der Waals surface area contributed by atoms with Gasteiger partial charge in [-0.15, -0.1) is 0 Å². The van der Waals surface area contributed by atoms with Gasteiger partial charge in [0.2, 0.25) is 0 Å². The first-order valence-electron chi connectivity index (χ1n) is 6.27. The highest BCUT2D eigenvalue weighted by atomic mass is 16.2. The van der Waals surface area contributed by atoms with E-state index in [1.807, 2.05) is 17.0 Å². The van der Waals surface area contributed by atoms with Gasteiger partial charge in [0.1, 0.15) is 5.69 Å². The molecule has 2 aliphatic heterocycles. The summed E-state index contributed by atoms with van der Waals surface area (Å²) in [6.45, 7) is 7.33. The minimum atomic E-state index is -0.0453. The molecule has 2 aliphatic rings. The zero-order valence-electron chi connectivity index (χ0n) is 10.4. The maximum absolute atomic E-state index is 12.4. The van der Waals surface area contributed by atoms with E-state index in [4.69, 9.17) is 0 Å². The van der Waals surface area contributed by atoms with Gasteiger partial charge in [-0.2, -0.15) is 0 Å². The van der Waals surface area contributed by atoms with Crippen molar-refractivity contribution >= 4 is 5.91 Å². The number of rotatable bonds is 1. The molecule has 1 aromatic heterocycles. The van der Waals surface area contributed by atoms with Gasteiger partial charge in [0.15, 0.2) is 0 Å². The standard InChI is InChI=1S/C13H19N3O/c1-13(2)10-7-14-6-9(10)8-16(13)12(17)11-4-3-5-15-11/h3-5,9-10,14-15H,6-8H2,1-2H3. The van der Waals surface area contributed by atoms with Crippen LogP contribution in [0.25, 0.3) is 0 Å². The van der Waals surface area contributed by atoms with Crippen LogP contribution in [0.4, 0.5) is 0 Å². The third-order valence-corrected chi connectivity index (χ3v) is 4.43. The summed E-state index contributed by atoms with van der Waals surface area (Å²) >= 11 is 0. The molecule has 0 aliphatic carbocycles. The Morgan fingerprint density at radius 3 is 2.94 bits per heavy atom. The number of carbonyl (C=O) groups is 1. The molecule has 92 valence electrons. The van der Waals surface area contributed by atoms with E-state index >= 15 is 0 Å². The number of likely N-dealkylation sites (tertiary alicyclic amines) is 1. The minimum Gasteiger partial charge on any atom is -0.357 e. The summed E-state index contributed by atoms with van der Waals surface area (Å²) in [7, 11) is 0. The zero-order valence-corrected chi connectivity index (χ0v) is 10.4. The van der Waals surface area contributed by atoms with Gasteiger partial charge in [0.05, 0.1) is 0 Å². The van der Waals surface area contributed by atoms with Crippen LogP contribution in [0.5, 0.6) is 0 Å². The summed E-state index contributed by atoms with van der Waals surface area (Å²) < 4.78 is 0. The van der Waals surface area contributed by atoms with Gasteiger partial charge in [-0.05, 0) is 37.8 Å². The Hall–Kier alpha value is -1.29. The Kier molecular flexibility index (Phi) is 2.30. The van der Waals surface area contributed by atoms with Crippen molar-refractivity contribution < 1.29 is 4.79 Å². The van der Waals surface area contributed by atoms with E-state index in [0.717, 1.165) is 19.6 Å². The maximum atomic E-state index is 12.4. The Morgan fingerprint density at radius 2 is 2.29 bits per heavy atom. The van der Waals surface area contributed by atoms with Crippen LogP contribution in [0.1, 0.15) is 24.3 Å². The first kappa shape index (κ1) is 10.8. The van der Waals surface area contributed by atoms with Gasteiger partial charge in [-0.3, -0.25) is 4.79 Å². The van der Waals surface area contributed by atoms with Gasteiger partial charge in [-0.25, -0.2) is 0 Å². The van der Waals surface area contributed by atoms with Crippen molar-refractivity contribution in [3.63, 3.8) is 0 Å². The summed E-state index contributed by atoms with van der Waals surface area (Å²) in [4.78, 5) is 17.5. The molecule has 0 spiro atoms. The van der Waals surface area contributed by atoms with E-state index in [1.165, 1.54) is 0 Å². The van der Waals surface area contributed by atoms with Gasteiger partial charge < -0.3 is 15.2 Å². The van der Waals surface area contributed by atoms with Crippen LogP contribution in [0, 0.1) is 11.8 Å². The zero-order chi connectivity index (χ0) is 12.0. The first-order valence-corrected chi connectivity index (χ1v) is 6.27. The molecule has 4 heteroatoms. The number of amides is 1. The molecule has 2 N–H and O–H groups in total. The van der Waals surface area contributed by atoms with Crippen LogP contribution in [0.15, 0.2) is 18.3 Å². The summed E-state index contributed by atoms with van der Waals surface area (Å²) in [6.07, 6.45) is 1.80. The SMILES string of the molecule is CC1(C)C2CNCC2CN1C(=O)c1ccc[nH]1. The lowest BCUT2D eigenvalue weighted by molar-refractivity contribution is 0.0598. The van der Waals surface area contributed by atoms with E-state index < -0.39 is 0 Å². The van der Waals surface area contributed by atoms with Crippen LogP contribution < -0.4 is 5.32 Å². The molecular weight excluding hydrogens is 214 g/mol. The molecule has 0 radical (unpaired) electrons. The molecule has 2 atom stereocenters. The predicted octanol–water partition coefficient (Wildman–Crippen LogP) is 1.08. The van der Waals surface area contributed by atoms with Crippen LogP contribution >= 0.6 is 0 Å². The molecule has 0 aromatic carbocycles. The number of nitrogens with zero attached hydrogens (tertiary/aromatic N) is 1. The second-order valence-electron chi connectivity index (χ2n) is 5.68. The van der Waals surface area contributed by atoms with Crippen LogP contribution in [0.3, 0.4) is 0 Å². The predicted molar refractivity (Wildman–Crippen MR) is 65.8 cm³/mol. The lowest BCUT2D eigenvalue weighted by Gasteiger charge is -2.35. The fraction of sp³-hybridized carbons (Fsp3) is 0.615. The minimum absolute atomic E-state index is 0.0453. The normalized spacial score (nSPS) is 30.6. The molecule has 0 saturated carbocycles. The quantitative estimate of drug-likeness (QED) is 0.762. The second-order valence-corrected chi connectivity index (χ2v) is 5.68. The van der Waals surface area contributed by atoms with Crippen molar-refractivity contribution in [3.8, 4) is 0 Å². The number of H-pyrrole nitrogens is 1. The van der Waals surface area contributed by atoms with Crippen LogP contribution in [-0.4, -0.2) is 41.0 Å². The van der Waals surface area contributed by atoms with Crippen molar-refractivity contribution in [2.75, 3.05) is 19.6 Å². The van der Waals surface area contributed by atoms with E-state index in [0.29, 0.717) is 17.5 Å². The number of carbonyl (C=O) groups excluding carboxylic acids is 1. The maximum Gasteiger partial charge on any atom is 0.270 e. The van der Waals surface area contributed by atoms with Gasteiger partial charge >= 0.3 is 0 Å². The summed E-state index contributed by atoms with van der Waals surface area (Å²) in [6, 6.07) is 3.73. The number of hydrogen-bond acceptors (Lipinski definition) is 2. The number of aromatic nitrogens is 1. The second kappa shape index (κ2) is 3.60. The molecule has 17 heavy (non-hydrogen) atoms. The average molecular weight is 233 g/mol. The molecule has 3 heterocycles. The highest BCUT2D eigenvalue weighted by Gasteiger charge is 2.51. The molecular formula is C13H19N3O. The lowest BCUT2D eigenvalue weighted by atomic mass is 9.85. The summed E-state index contributed by atoms with van der Waals surface area (Å²) in [5.74, 6) is 1.33. The monoisotopic (exact) mass is 233 g/mol. The number of fused-ring (bicyclic) bond motifs is 1. The molecule has 1 amide bonds. The first-order chi connectivity index (χ1) is 8.10. The van der Waals surface area contributed by atoms with E-state index in [1.54, 1.807) is 6.20 Å². The summed E-state index contributed by atoms with van der Waals surface area (Å²) in [5.41, 5.74) is 0.655. The van der Waals surface area contributed by atoms with E-state index in [9.17, 15) is 4.79 Å². The third kappa shape index (κ3) is 1.51. The molecule has 4 nitrogen and oxygen atoms in total. The van der Waals surface area contributed by atoms with E-state index in [-0.39, 0.29) is 11.4 Å². The van der Waals surface area contributed by atoms with Crippen molar-refractivity contribution in [3.05, 3.63) is 24.0 Å². The summed E-state index contributed by atoms with van der Waals surface area (Å²) in [5, 5.41) is 3.43.